The first-order valence-corrected chi connectivity index (χ1v) is 7.48. The molecular formula is C17H25N3O. The standard InChI is InChI=1S/C17H25N3O/c1-13(2)10-15(18)17-11-19-12-20(17)16-7-5-4-6-14(16)8-9-21-3/h4-7,11-13,15H,8-10,18H2,1-3H3. The van der Waals surface area contributed by atoms with Gasteiger partial charge in [-0.1, -0.05) is 32.0 Å². The molecule has 2 rings (SSSR count). The summed E-state index contributed by atoms with van der Waals surface area (Å²) < 4.78 is 7.31. The molecule has 2 N–H and O–H groups in total. The number of hydrogen-bond acceptors (Lipinski definition) is 3. The van der Waals surface area contributed by atoms with Gasteiger partial charge in [0.1, 0.15) is 0 Å². The van der Waals surface area contributed by atoms with Crippen LogP contribution in [0.15, 0.2) is 36.8 Å². The minimum absolute atomic E-state index is 0.00276. The van der Waals surface area contributed by atoms with Crippen LogP contribution in [-0.2, 0) is 11.2 Å². The van der Waals surface area contributed by atoms with E-state index in [-0.39, 0.29) is 6.04 Å². The molecule has 1 heterocycles. The van der Waals surface area contributed by atoms with Gasteiger partial charge >= 0.3 is 0 Å². The van der Waals surface area contributed by atoms with E-state index in [0.29, 0.717) is 12.5 Å². The van der Waals surface area contributed by atoms with Crippen LogP contribution in [-0.4, -0.2) is 23.3 Å². The average molecular weight is 287 g/mol. The highest BCUT2D eigenvalue weighted by Gasteiger charge is 2.15. The van der Waals surface area contributed by atoms with Crippen molar-refractivity contribution in [3.05, 3.63) is 48.0 Å². The van der Waals surface area contributed by atoms with E-state index in [1.54, 1.807) is 7.11 Å². The van der Waals surface area contributed by atoms with Gasteiger partial charge in [-0.3, -0.25) is 0 Å². The van der Waals surface area contributed by atoms with E-state index in [9.17, 15) is 0 Å². The second kappa shape index (κ2) is 7.38. The smallest absolute Gasteiger partial charge is 0.0994 e. The zero-order chi connectivity index (χ0) is 15.2. The highest BCUT2D eigenvalue weighted by atomic mass is 16.5. The zero-order valence-corrected chi connectivity index (χ0v) is 13.1. The molecule has 21 heavy (non-hydrogen) atoms. The van der Waals surface area contributed by atoms with Crippen LogP contribution in [0.25, 0.3) is 5.69 Å². The van der Waals surface area contributed by atoms with E-state index in [1.165, 1.54) is 5.56 Å². The maximum atomic E-state index is 6.34. The first kappa shape index (κ1) is 15.7. The Balaban J connectivity index is 2.33. The summed E-state index contributed by atoms with van der Waals surface area (Å²) in [6.45, 7) is 5.08. The van der Waals surface area contributed by atoms with Crippen molar-refractivity contribution in [1.29, 1.82) is 0 Å². The van der Waals surface area contributed by atoms with E-state index in [4.69, 9.17) is 10.5 Å². The Morgan fingerprint density at radius 2 is 2.05 bits per heavy atom. The summed E-state index contributed by atoms with van der Waals surface area (Å²) in [5.41, 5.74) is 9.79. The van der Waals surface area contributed by atoms with Crippen LogP contribution in [0.3, 0.4) is 0 Å². The predicted octanol–water partition coefficient (Wildman–Crippen LogP) is 3.11. The predicted molar refractivity (Wildman–Crippen MR) is 85.5 cm³/mol. The molecule has 0 aliphatic rings. The van der Waals surface area contributed by atoms with Crippen molar-refractivity contribution in [2.75, 3.05) is 13.7 Å². The number of rotatable bonds is 7. The molecule has 0 fully saturated rings. The minimum Gasteiger partial charge on any atom is -0.384 e. The van der Waals surface area contributed by atoms with E-state index >= 15 is 0 Å². The lowest BCUT2D eigenvalue weighted by Gasteiger charge is -2.18. The third-order valence-electron chi connectivity index (χ3n) is 3.60. The quantitative estimate of drug-likeness (QED) is 0.851. The average Bonchev–Trinajstić information content (AvgIpc) is 2.94. The van der Waals surface area contributed by atoms with E-state index in [0.717, 1.165) is 24.2 Å². The van der Waals surface area contributed by atoms with Gasteiger partial charge in [0.2, 0.25) is 0 Å². The second-order valence-corrected chi connectivity index (χ2v) is 5.80. The molecule has 1 atom stereocenters. The number of imidazole rings is 1. The van der Waals surface area contributed by atoms with Crippen LogP contribution in [0.5, 0.6) is 0 Å². The van der Waals surface area contributed by atoms with Crippen LogP contribution in [0.2, 0.25) is 0 Å². The monoisotopic (exact) mass is 287 g/mol. The molecule has 4 heteroatoms. The Hall–Kier alpha value is -1.65. The maximum absolute atomic E-state index is 6.34. The van der Waals surface area contributed by atoms with Crippen LogP contribution in [0.1, 0.15) is 37.6 Å². The molecular weight excluding hydrogens is 262 g/mol. The molecule has 1 aromatic carbocycles. The van der Waals surface area contributed by atoms with Crippen molar-refractivity contribution in [2.45, 2.75) is 32.7 Å². The highest BCUT2D eigenvalue weighted by molar-refractivity contribution is 5.42. The van der Waals surface area contributed by atoms with Gasteiger partial charge in [0.05, 0.1) is 30.5 Å². The van der Waals surface area contributed by atoms with E-state index in [1.807, 2.05) is 18.6 Å². The van der Waals surface area contributed by atoms with Crippen molar-refractivity contribution in [2.24, 2.45) is 11.7 Å². The van der Waals surface area contributed by atoms with Crippen molar-refractivity contribution < 1.29 is 4.74 Å². The van der Waals surface area contributed by atoms with E-state index in [2.05, 4.69) is 41.6 Å². The molecule has 0 radical (unpaired) electrons. The Labute approximate surface area is 127 Å². The number of nitrogens with zero attached hydrogens (tertiary/aromatic N) is 2. The second-order valence-electron chi connectivity index (χ2n) is 5.80. The third kappa shape index (κ3) is 3.93. The fourth-order valence-electron chi connectivity index (χ4n) is 2.58. The Bertz CT molecular complexity index is 563. The number of para-hydroxylation sites is 1. The summed E-state index contributed by atoms with van der Waals surface area (Å²) in [5.74, 6) is 0.562. The molecule has 0 spiro atoms. The highest BCUT2D eigenvalue weighted by Crippen LogP contribution is 2.23. The first-order valence-electron chi connectivity index (χ1n) is 7.48. The summed E-state index contributed by atoms with van der Waals surface area (Å²) in [6, 6.07) is 8.34. The molecule has 0 amide bonds. The molecule has 1 aromatic heterocycles. The van der Waals surface area contributed by atoms with Crippen molar-refractivity contribution in [1.82, 2.24) is 9.55 Å². The van der Waals surface area contributed by atoms with E-state index < -0.39 is 0 Å². The lowest BCUT2D eigenvalue weighted by molar-refractivity contribution is 0.202. The lowest BCUT2D eigenvalue weighted by Crippen LogP contribution is -2.17. The SMILES string of the molecule is COCCc1ccccc1-n1cncc1C(N)CC(C)C. The molecule has 114 valence electrons. The molecule has 2 aromatic rings. The van der Waals surface area contributed by atoms with Gasteiger partial charge in [0.25, 0.3) is 0 Å². The van der Waals surface area contributed by atoms with Gasteiger partial charge in [-0.2, -0.15) is 0 Å². The number of methoxy groups -OCH3 is 1. The Morgan fingerprint density at radius 3 is 2.76 bits per heavy atom. The first-order chi connectivity index (χ1) is 10.1. The number of aromatic nitrogens is 2. The van der Waals surface area contributed by atoms with Crippen molar-refractivity contribution in [3.8, 4) is 5.69 Å². The minimum atomic E-state index is 0.00276. The summed E-state index contributed by atoms with van der Waals surface area (Å²) in [5, 5.41) is 0. The van der Waals surface area contributed by atoms with Gasteiger partial charge in [0.15, 0.2) is 0 Å². The number of nitrogens with two attached hydrogens (primary N) is 1. The van der Waals surface area contributed by atoms with Crippen molar-refractivity contribution >= 4 is 0 Å². The third-order valence-corrected chi connectivity index (χ3v) is 3.60. The molecule has 4 nitrogen and oxygen atoms in total. The van der Waals surface area contributed by atoms with Gasteiger partial charge in [-0.05, 0) is 30.4 Å². The topological polar surface area (TPSA) is 53.1 Å². The largest absolute Gasteiger partial charge is 0.384 e. The summed E-state index contributed by atoms with van der Waals surface area (Å²) in [7, 11) is 1.73. The number of benzene rings is 1. The molecule has 0 bridgehead atoms. The number of ether oxygens (including phenoxy) is 1. The van der Waals surface area contributed by atoms with Crippen molar-refractivity contribution in [3.63, 3.8) is 0 Å². The lowest BCUT2D eigenvalue weighted by atomic mass is 10.0. The van der Waals surface area contributed by atoms with Gasteiger partial charge < -0.3 is 15.0 Å². The fraction of sp³-hybridized carbons (Fsp3) is 0.471. The van der Waals surface area contributed by atoms with Crippen LogP contribution < -0.4 is 5.73 Å². The van der Waals surface area contributed by atoms with Crippen LogP contribution in [0, 0.1) is 5.92 Å². The van der Waals surface area contributed by atoms with Gasteiger partial charge in [0, 0.05) is 13.2 Å². The maximum Gasteiger partial charge on any atom is 0.0994 e. The number of hydrogen-bond donors (Lipinski definition) is 1. The van der Waals surface area contributed by atoms with Gasteiger partial charge in [-0.15, -0.1) is 0 Å². The zero-order valence-electron chi connectivity index (χ0n) is 13.1. The molecule has 0 saturated heterocycles. The van der Waals surface area contributed by atoms with Crippen LogP contribution in [0.4, 0.5) is 0 Å². The molecule has 1 unspecified atom stereocenters. The normalized spacial score (nSPS) is 12.8. The Morgan fingerprint density at radius 1 is 1.29 bits per heavy atom. The summed E-state index contributed by atoms with van der Waals surface area (Å²) >= 11 is 0. The molecule has 0 aliphatic heterocycles. The Kier molecular flexibility index (Phi) is 5.53. The fourth-order valence-corrected chi connectivity index (χ4v) is 2.58. The van der Waals surface area contributed by atoms with Crippen LogP contribution >= 0.6 is 0 Å². The summed E-state index contributed by atoms with van der Waals surface area (Å²) in [6.07, 6.45) is 5.55. The summed E-state index contributed by atoms with van der Waals surface area (Å²) in [4.78, 5) is 4.30. The van der Waals surface area contributed by atoms with Gasteiger partial charge in [-0.25, -0.2) is 4.98 Å². The molecule has 0 saturated carbocycles. The molecule has 0 aliphatic carbocycles.